The van der Waals surface area contributed by atoms with E-state index < -0.39 is 17.7 Å². The van der Waals surface area contributed by atoms with Crippen LogP contribution in [0.3, 0.4) is 0 Å². The van der Waals surface area contributed by atoms with Crippen LogP contribution in [0, 0.1) is 5.92 Å². The van der Waals surface area contributed by atoms with Crippen molar-refractivity contribution < 1.29 is 22.8 Å². The van der Waals surface area contributed by atoms with Gasteiger partial charge in [-0.2, -0.15) is 13.2 Å². The Morgan fingerprint density at radius 3 is 2.00 bits per heavy atom. The molecule has 0 N–H and O–H groups in total. The Morgan fingerprint density at radius 1 is 0.913 bits per heavy atom. The van der Waals surface area contributed by atoms with Crippen LogP contribution in [0.25, 0.3) is 0 Å². The first-order valence-corrected chi connectivity index (χ1v) is 7.09. The van der Waals surface area contributed by atoms with Crippen LogP contribution in [0.5, 0.6) is 0 Å². The predicted molar refractivity (Wildman–Crippen MR) is 80.3 cm³/mol. The molecule has 0 aliphatic heterocycles. The van der Waals surface area contributed by atoms with Gasteiger partial charge in [-0.3, -0.25) is 9.59 Å². The molecule has 0 fully saturated rings. The molecule has 2 nitrogen and oxygen atoms in total. The van der Waals surface area contributed by atoms with Gasteiger partial charge in [0.2, 0.25) is 0 Å². The number of benzene rings is 2. The molecule has 0 radical (unpaired) electrons. The van der Waals surface area contributed by atoms with Crippen molar-refractivity contribution in [2.24, 2.45) is 5.92 Å². The van der Waals surface area contributed by atoms with Gasteiger partial charge in [-0.05, 0) is 12.1 Å². The maximum Gasteiger partial charge on any atom is 0.416 e. The third kappa shape index (κ3) is 4.28. The van der Waals surface area contributed by atoms with E-state index >= 15 is 0 Å². The molecule has 0 spiro atoms. The zero-order valence-corrected chi connectivity index (χ0v) is 12.4. The summed E-state index contributed by atoms with van der Waals surface area (Å²) in [5.74, 6) is -1.05. The van der Waals surface area contributed by atoms with Gasteiger partial charge in [-0.15, -0.1) is 0 Å². The monoisotopic (exact) mass is 320 g/mol. The molecular weight excluding hydrogens is 305 g/mol. The molecule has 0 aliphatic rings. The molecule has 0 amide bonds. The molecule has 0 heterocycles. The molecule has 0 saturated carbocycles. The fourth-order valence-corrected chi connectivity index (χ4v) is 2.22. The summed E-state index contributed by atoms with van der Waals surface area (Å²) >= 11 is 0. The third-order valence-electron chi connectivity index (χ3n) is 3.53. The Hall–Kier alpha value is -2.43. The summed E-state index contributed by atoms with van der Waals surface area (Å²) in [4.78, 5) is 24.3. The minimum absolute atomic E-state index is 0.0426. The summed E-state index contributed by atoms with van der Waals surface area (Å²) in [5.41, 5.74) is -0.117. The summed E-state index contributed by atoms with van der Waals surface area (Å²) in [6, 6.07) is 12.6. The van der Waals surface area contributed by atoms with Crippen molar-refractivity contribution >= 4 is 11.6 Å². The van der Waals surface area contributed by atoms with Gasteiger partial charge in [0.05, 0.1) is 5.56 Å². The number of Topliss-reactive ketones (excluding diaryl/α,β-unsaturated/α-hetero) is 2. The van der Waals surface area contributed by atoms with Gasteiger partial charge in [0.1, 0.15) is 0 Å². The Balaban J connectivity index is 2.05. The highest BCUT2D eigenvalue weighted by Gasteiger charge is 2.30. The zero-order chi connectivity index (χ0) is 17.0. The molecule has 2 aromatic carbocycles. The molecule has 0 saturated heterocycles. The van der Waals surface area contributed by atoms with Crippen LogP contribution in [0.2, 0.25) is 0 Å². The van der Waals surface area contributed by atoms with Gasteiger partial charge >= 0.3 is 6.18 Å². The zero-order valence-electron chi connectivity index (χ0n) is 12.4. The van der Waals surface area contributed by atoms with Gasteiger partial charge < -0.3 is 0 Å². The standard InChI is InChI=1S/C18H15F3O2/c1-12(17(23)14-5-3-2-4-6-14)11-16(22)13-7-9-15(10-8-13)18(19,20)21/h2-10,12H,11H2,1H3. The average Bonchev–Trinajstić information content (AvgIpc) is 2.54. The van der Waals surface area contributed by atoms with E-state index in [-0.39, 0.29) is 23.6 Å². The van der Waals surface area contributed by atoms with Crippen LogP contribution >= 0.6 is 0 Å². The van der Waals surface area contributed by atoms with E-state index in [1.54, 1.807) is 37.3 Å². The fraction of sp³-hybridized carbons (Fsp3) is 0.222. The second kappa shape index (κ2) is 6.77. The quantitative estimate of drug-likeness (QED) is 0.742. The predicted octanol–water partition coefficient (Wildman–Crippen LogP) is 4.80. The maximum atomic E-state index is 12.5. The fourth-order valence-electron chi connectivity index (χ4n) is 2.22. The van der Waals surface area contributed by atoms with Crippen molar-refractivity contribution in [3.8, 4) is 0 Å². The molecule has 120 valence electrons. The summed E-state index contributed by atoms with van der Waals surface area (Å²) in [7, 11) is 0. The summed E-state index contributed by atoms with van der Waals surface area (Å²) < 4.78 is 37.5. The van der Waals surface area contributed by atoms with Crippen molar-refractivity contribution in [2.75, 3.05) is 0 Å². The Bertz CT molecular complexity index is 688. The van der Waals surface area contributed by atoms with Gasteiger partial charge in [-0.25, -0.2) is 0 Å². The number of hydrogen-bond donors (Lipinski definition) is 0. The Kier molecular flexibility index (Phi) is 4.98. The third-order valence-corrected chi connectivity index (χ3v) is 3.53. The van der Waals surface area contributed by atoms with Crippen LogP contribution in [-0.2, 0) is 6.18 Å². The van der Waals surface area contributed by atoms with Crippen molar-refractivity contribution in [3.05, 3.63) is 71.3 Å². The molecule has 2 rings (SSSR count). The van der Waals surface area contributed by atoms with E-state index in [2.05, 4.69) is 0 Å². The molecule has 2 aromatic rings. The van der Waals surface area contributed by atoms with Crippen LogP contribution < -0.4 is 0 Å². The van der Waals surface area contributed by atoms with E-state index in [4.69, 9.17) is 0 Å². The summed E-state index contributed by atoms with van der Waals surface area (Å²) in [5, 5.41) is 0. The van der Waals surface area contributed by atoms with Gasteiger partial charge in [0, 0.05) is 23.5 Å². The van der Waals surface area contributed by atoms with E-state index in [0.29, 0.717) is 5.56 Å². The molecule has 0 bridgehead atoms. The SMILES string of the molecule is CC(CC(=O)c1ccc(C(F)(F)F)cc1)C(=O)c1ccccc1. The highest BCUT2D eigenvalue weighted by molar-refractivity contribution is 6.03. The second-order valence-electron chi connectivity index (χ2n) is 5.33. The lowest BCUT2D eigenvalue weighted by atomic mass is 9.92. The number of carbonyl (C=O) groups excluding carboxylic acids is 2. The number of hydrogen-bond acceptors (Lipinski definition) is 2. The Morgan fingerprint density at radius 2 is 1.48 bits per heavy atom. The first-order chi connectivity index (χ1) is 10.8. The molecule has 5 heteroatoms. The molecule has 1 unspecified atom stereocenters. The van der Waals surface area contributed by atoms with Crippen molar-refractivity contribution in [1.29, 1.82) is 0 Å². The number of alkyl halides is 3. The van der Waals surface area contributed by atoms with E-state index in [1.807, 2.05) is 0 Å². The lowest BCUT2D eigenvalue weighted by molar-refractivity contribution is -0.137. The highest BCUT2D eigenvalue weighted by atomic mass is 19.4. The molecule has 0 aliphatic carbocycles. The molecule has 1 atom stereocenters. The summed E-state index contributed by atoms with van der Waals surface area (Å²) in [6.45, 7) is 1.64. The van der Waals surface area contributed by atoms with E-state index in [0.717, 1.165) is 24.3 Å². The normalized spacial score (nSPS) is 12.7. The van der Waals surface area contributed by atoms with Gasteiger partial charge in [-0.1, -0.05) is 49.4 Å². The Labute approximate surface area is 131 Å². The smallest absolute Gasteiger partial charge is 0.294 e. The van der Waals surface area contributed by atoms with Gasteiger partial charge in [0.25, 0.3) is 0 Å². The highest BCUT2D eigenvalue weighted by Crippen LogP contribution is 2.29. The molecule has 0 aromatic heterocycles. The van der Waals surface area contributed by atoms with Crippen molar-refractivity contribution in [3.63, 3.8) is 0 Å². The van der Waals surface area contributed by atoms with Gasteiger partial charge in [0.15, 0.2) is 11.6 Å². The van der Waals surface area contributed by atoms with Crippen LogP contribution in [0.15, 0.2) is 54.6 Å². The lowest BCUT2D eigenvalue weighted by Gasteiger charge is -2.11. The number of rotatable bonds is 5. The lowest BCUT2D eigenvalue weighted by Crippen LogP contribution is -2.16. The topological polar surface area (TPSA) is 34.1 Å². The van der Waals surface area contributed by atoms with Crippen LogP contribution in [0.1, 0.15) is 39.6 Å². The van der Waals surface area contributed by atoms with E-state index in [1.165, 1.54) is 0 Å². The minimum Gasteiger partial charge on any atom is -0.294 e. The second-order valence-corrected chi connectivity index (χ2v) is 5.33. The van der Waals surface area contributed by atoms with Crippen molar-refractivity contribution in [2.45, 2.75) is 19.5 Å². The largest absolute Gasteiger partial charge is 0.416 e. The minimum atomic E-state index is -4.43. The van der Waals surface area contributed by atoms with Crippen molar-refractivity contribution in [1.82, 2.24) is 0 Å². The van der Waals surface area contributed by atoms with E-state index in [9.17, 15) is 22.8 Å². The first-order valence-electron chi connectivity index (χ1n) is 7.09. The number of ketones is 2. The maximum absolute atomic E-state index is 12.5. The first kappa shape index (κ1) is 16.9. The molecular formula is C18H15F3O2. The summed E-state index contributed by atoms with van der Waals surface area (Å²) in [6.07, 6.45) is -4.47. The molecule has 23 heavy (non-hydrogen) atoms. The van der Waals surface area contributed by atoms with Crippen LogP contribution in [-0.4, -0.2) is 11.6 Å². The van der Waals surface area contributed by atoms with Crippen LogP contribution in [0.4, 0.5) is 13.2 Å². The number of halogens is 3. The number of carbonyl (C=O) groups is 2. The average molecular weight is 320 g/mol.